The largest absolute Gasteiger partial charge is 0.399 e. The zero-order chi connectivity index (χ0) is 8.97. The van der Waals surface area contributed by atoms with E-state index in [2.05, 4.69) is 11.8 Å². The van der Waals surface area contributed by atoms with Crippen molar-refractivity contribution in [2.75, 3.05) is 12.3 Å². The Balaban J connectivity index is 3.01. The van der Waals surface area contributed by atoms with Gasteiger partial charge in [-0.25, -0.2) is 4.39 Å². The normalized spacial score (nSPS) is 8.83. The Bertz CT molecular complexity index is 316. The highest BCUT2D eigenvalue weighted by molar-refractivity contribution is 5.47. The summed E-state index contributed by atoms with van der Waals surface area (Å²) in [6.45, 7) is 0.260. The third-order valence-corrected chi connectivity index (χ3v) is 1.25. The highest BCUT2D eigenvalue weighted by Gasteiger charge is 1.94. The third kappa shape index (κ3) is 2.26. The summed E-state index contributed by atoms with van der Waals surface area (Å²) in [4.78, 5) is 0. The molecule has 2 nitrogen and oxygen atoms in total. The maximum Gasteiger partial charge on any atom is 0.126 e. The van der Waals surface area contributed by atoms with Crippen LogP contribution in [0.1, 0.15) is 5.56 Å². The molecule has 4 N–H and O–H groups in total. The topological polar surface area (TPSA) is 52.0 Å². The predicted octanol–water partition coefficient (Wildman–Crippen LogP) is 0.718. The second-order valence-electron chi connectivity index (χ2n) is 2.28. The number of benzene rings is 1. The van der Waals surface area contributed by atoms with Gasteiger partial charge in [0.05, 0.1) is 6.54 Å². The Morgan fingerprint density at radius 2 is 2.08 bits per heavy atom. The van der Waals surface area contributed by atoms with Crippen molar-refractivity contribution in [3.8, 4) is 11.8 Å². The molecular formula is C9H9FN2. The molecule has 1 aromatic carbocycles. The van der Waals surface area contributed by atoms with Gasteiger partial charge in [0.25, 0.3) is 0 Å². The minimum atomic E-state index is -0.378. The SMILES string of the molecule is NCC#Cc1cc(N)cc(F)c1. The van der Waals surface area contributed by atoms with Crippen LogP contribution < -0.4 is 11.5 Å². The van der Waals surface area contributed by atoms with Crippen LogP contribution in [0.5, 0.6) is 0 Å². The summed E-state index contributed by atoms with van der Waals surface area (Å²) in [5.74, 6) is 4.93. The van der Waals surface area contributed by atoms with Gasteiger partial charge >= 0.3 is 0 Å². The van der Waals surface area contributed by atoms with Crippen LogP contribution in [0.25, 0.3) is 0 Å². The van der Waals surface area contributed by atoms with Crippen molar-refractivity contribution in [2.45, 2.75) is 0 Å². The summed E-state index contributed by atoms with van der Waals surface area (Å²) < 4.78 is 12.7. The number of anilines is 1. The van der Waals surface area contributed by atoms with Crippen molar-refractivity contribution in [3.63, 3.8) is 0 Å². The van der Waals surface area contributed by atoms with Crippen LogP contribution in [0.3, 0.4) is 0 Å². The van der Waals surface area contributed by atoms with E-state index in [0.29, 0.717) is 11.3 Å². The van der Waals surface area contributed by atoms with Crippen molar-refractivity contribution < 1.29 is 4.39 Å². The van der Waals surface area contributed by atoms with E-state index in [1.165, 1.54) is 12.1 Å². The minimum Gasteiger partial charge on any atom is -0.399 e. The van der Waals surface area contributed by atoms with E-state index < -0.39 is 0 Å². The molecule has 0 atom stereocenters. The molecule has 0 aliphatic heterocycles. The molecule has 0 aromatic heterocycles. The zero-order valence-electron chi connectivity index (χ0n) is 6.47. The smallest absolute Gasteiger partial charge is 0.126 e. The molecule has 0 aliphatic rings. The molecule has 1 aromatic rings. The Morgan fingerprint density at radius 1 is 1.33 bits per heavy atom. The van der Waals surface area contributed by atoms with E-state index in [-0.39, 0.29) is 12.4 Å². The lowest BCUT2D eigenvalue weighted by Gasteiger charge is -1.94. The molecule has 12 heavy (non-hydrogen) atoms. The molecule has 3 heteroatoms. The molecule has 62 valence electrons. The standard InChI is InChI=1S/C9H9FN2/c10-8-4-7(2-1-3-11)5-9(12)6-8/h4-6H,3,11-12H2. The van der Waals surface area contributed by atoms with Gasteiger partial charge in [-0.3, -0.25) is 0 Å². The maximum absolute atomic E-state index is 12.7. The van der Waals surface area contributed by atoms with E-state index >= 15 is 0 Å². The second-order valence-corrected chi connectivity index (χ2v) is 2.28. The molecule has 1 rings (SSSR count). The van der Waals surface area contributed by atoms with E-state index in [9.17, 15) is 4.39 Å². The first-order chi connectivity index (χ1) is 5.72. The molecule has 0 unspecified atom stereocenters. The molecule has 0 saturated carbocycles. The highest BCUT2D eigenvalue weighted by Crippen LogP contribution is 2.09. The van der Waals surface area contributed by atoms with E-state index in [0.717, 1.165) is 0 Å². The van der Waals surface area contributed by atoms with Crippen molar-refractivity contribution >= 4 is 5.69 Å². The molecule has 0 fully saturated rings. The van der Waals surface area contributed by atoms with Crippen LogP contribution in [0.2, 0.25) is 0 Å². The van der Waals surface area contributed by atoms with E-state index in [1.54, 1.807) is 6.07 Å². The summed E-state index contributed by atoms with van der Waals surface area (Å²) in [5.41, 5.74) is 11.5. The number of hydrogen-bond acceptors (Lipinski definition) is 2. The Labute approximate surface area is 70.4 Å². The first kappa shape index (κ1) is 8.57. The van der Waals surface area contributed by atoms with Crippen LogP contribution in [0.4, 0.5) is 10.1 Å². The number of nitrogens with two attached hydrogens (primary N) is 2. The van der Waals surface area contributed by atoms with Crippen molar-refractivity contribution in [1.82, 2.24) is 0 Å². The molecule has 0 spiro atoms. The summed E-state index contributed by atoms with van der Waals surface area (Å²) >= 11 is 0. The van der Waals surface area contributed by atoms with Crippen molar-refractivity contribution in [3.05, 3.63) is 29.6 Å². The Hall–Kier alpha value is -1.53. The van der Waals surface area contributed by atoms with Gasteiger partial charge in [0.15, 0.2) is 0 Å². The van der Waals surface area contributed by atoms with Crippen molar-refractivity contribution in [1.29, 1.82) is 0 Å². The first-order valence-corrected chi connectivity index (χ1v) is 3.47. The summed E-state index contributed by atoms with van der Waals surface area (Å²) in [5, 5.41) is 0. The predicted molar refractivity (Wildman–Crippen MR) is 46.7 cm³/mol. The average Bonchev–Trinajstić information content (AvgIpc) is 1.99. The molecular weight excluding hydrogens is 155 g/mol. The maximum atomic E-state index is 12.7. The van der Waals surface area contributed by atoms with Gasteiger partial charge in [-0.1, -0.05) is 11.8 Å². The number of halogens is 1. The molecule has 0 amide bonds. The number of hydrogen-bond donors (Lipinski definition) is 2. The fourth-order valence-corrected chi connectivity index (χ4v) is 0.838. The number of rotatable bonds is 0. The second kappa shape index (κ2) is 3.74. The van der Waals surface area contributed by atoms with Crippen LogP contribution in [-0.2, 0) is 0 Å². The lowest BCUT2D eigenvalue weighted by molar-refractivity contribution is 0.628. The van der Waals surface area contributed by atoms with Gasteiger partial charge in [-0.15, -0.1) is 0 Å². The molecule has 0 saturated heterocycles. The van der Waals surface area contributed by atoms with Gasteiger partial charge in [0.1, 0.15) is 5.82 Å². The van der Waals surface area contributed by atoms with Gasteiger partial charge in [0.2, 0.25) is 0 Å². The fourth-order valence-electron chi connectivity index (χ4n) is 0.838. The molecule has 0 heterocycles. The zero-order valence-corrected chi connectivity index (χ0v) is 6.47. The van der Waals surface area contributed by atoms with Crippen molar-refractivity contribution in [2.24, 2.45) is 5.73 Å². The summed E-state index contributed by atoms with van der Waals surface area (Å²) in [6.07, 6.45) is 0. The third-order valence-electron chi connectivity index (χ3n) is 1.25. The molecule has 0 bridgehead atoms. The summed E-state index contributed by atoms with van der Waals surface area (Å²) in [6, 6.07) is 4.17. The van der Waals surface area contributed by atoms with Crippen LogP contribution in [0.15, 0.2) is 18.2 Å². The highest BCUT2D eigenvalue weighted by atomic mass is 19.1. The lowest BCUT2D eigenvalue weighted by Crippen LogP contribution is -1.93. The molecule has 0 aliphatic carbocycles. The van der Waals surface area contributed by atoms with Gasteiger partial charge in [-0.05, 0) is 18.2 Å². The van der Waals surface area contributed by atoms with Crippen LogP contribution in [0, 0.1) is 17.7 Å². The van der Waals surface area contributed by atoms with E-state index in [1.807, 2.05) is 0 Å². The van der Waals surface area contributed by atoms with Crippen LogP contribution in [-0.4, -0.2) is 6.54 Å². The lowest BCUT2D eigenvalue weighted by atomic mass is 10.2. The van der Waals surface area contributed by atoms with Gasteiger partial charge < -0.3 is 11.5 Å². The minimum absolute atomic E-state index is 0.260. The Kier molecular flexibility index (Phi) is 2.67. The fraction of sp³-hybridized carbons (Fsp3) is 0.111. The quantitative estimate of drug-likeness (QED) is 0.438. The van der Waals surface area contributed by atoms with Gasteiger partial charge in [0, 0.05) is 11.3 Å². The number of nitrogen functional groups attached to an aromatic ring is 1. The summed E-state index contributed by atoms with van der Waals surface area (Å²) in [7, 11) is 0. The van der Waals surface area contributed by atoms with Crippen LogP contribution >= 0.6 is 0 Å². The van der Waals surface area contributed by atoms with Gasteiger partial charge in [-0.2, -0.15) is 0 Å². The monoisotopic (exact) mass is 164 g/mol. The Morgan fingerprint density at radius 3 is 2.67 bits per heavy atom. The van der Waals surface area contributed by atoms with E-state index in [4.69, 9.17) is 11.5 Å². The first-order valence-electron chi connectivity index (χ1n) is 3.47. The average molecular weight is 164 g/mol. The molecule has 0 radical (unpaired) electrons.